The molecule has 4 heteroatoms. The van der Waals surface area contributed by atoms with Gasteiger partial charge >= 0.3 is 0 Å². The molecule has 1 saturated heterocycles. The second kappa shape index (κ2) is 9.75. The molecule has 1 aromatic rings. The lowest BCUT2D eigenvalue weighted by atomic mass is 9.91. The van der Waals surface area contributed by atoms with E-state index in [-0.39, 0.29) is 17.7 Å². The molecule has 1 fully saturated rings. The minimum absolute atomic E-state index is 0.0777. The van der Waals surface area contributed by atoms with Crippen molar-refractivity contribution in [1.82, 2.24) is 4.90 Å². The summed E-state index contributed by atoms with van der Waals surface area (Å²) in [6.45, 7) is 17.4. The first-order valence-electron chi connectivity index (χ1n) is 9.84. The van der Waals surface area contributed by atoms with Crippen LogP contribution in [0.1, 0.15) is 67.9 Å². The molecule has 0 radical (unpaired) electrons. The largest absolute Gasteiger partial charge is 0.488 e. The van der Waals surface area contributed by atoms with Crippen LogP contribution in [0.15, 0.2) is 36.4 Å². The second-order valence-electron chi connectivity index (χ2n) is 7.55. The number of rotatable bonds is 7. The molecule has 4 nitrogen and oxygen atoms in total. The van der Waals surface area contributed by atoms with Crippen molar-refractivity contribution in [2.45, 2.75) is 46.5 Å². The summed E-state index contributed by atoms with van der Waals surface area (Å²) >= 11 is 0. The first kappa shape index (κ1) is 21.2. The summed E-state index contributed by atoms with van der Waals surface area (Å²) < 4.78 is 11.6. The van der Waals surface area contributed by atoms with Gasteiger partial charge in [0.25, 0.3) is 5.91 Å². The number of amides is 1. The zero-order valence-electron chi connectivity index (χ0n) is 17.4. The SMILES string of the molecule is C=C/C(=C\C)COc1c(C(C)C)cc(C(=O)N2CCOCC2)cc1C(C)C. The highest BCUT2D eigenvalue weighted by Crippen LogP contribution is 2.36. The average Bonchev–Trinajstić information content (AvgIpc) is 2.68. The fourth-order valence-electron chi connectivity index (χ4n) is 3.19. The number of carbonyl (C=O) groups is 1. The third-order valence-electron chi connectivity index (χ3n) is 4.95. The zero-order chi connectivity index (χ0) is 20.0. The second-order valence-corrected chi connectivity index (χ2v) is 7.55. The summed E-state index contributed by atoms with van der Waals surface area (Å²) in [6, 6.07) is 4.01. The van der Waals surface area contributed by atoms with Crippen molar-refractivity contribution in [3.63, 3.8) is 0 Å². The maximum absolute atomic E-state index is 13.0. The standard InChI is InChI=1S/C23H33NO3/c1-7-18(8-2)15-27-22-20(16(3)4)13-19(14-21(22)17(5)6)23(25)24-9-11-26-12-10-24/h7-8,13-14,16-17H,1,9-12,15H2,2-6H3/b18-8+. The number of morpholine rings is 1. The molecule has 1 amide bonds. The third-order valence-corrected chi connectivity index (χ3v) is 4.95. The summed E-state index contributed by atoms with van der Waals surface area (Å²) in [5.41, 5.74) is 3.95. The van der Waals surface area contributed by atoms with Crippen LogP contribution in [0.5, 0.6) is 5.75 Å². The Morgan fingerprint density at radius 2 is 1.74 bits per heavy atom. The van der Waals surface area contributed by atoms with Crippen molar-refractivity contribution < 1.29 is 14.3 Å². The van der Waals surface area contributed by atoms with Gasteiger partial charge in [-0.25, -0.2) is 0 Å². The van der Waals surface area contributed by atoms with Gasteiger partial charge in [-0.05, 0) is 47.6 Å². The topological polar surface area (TPSA) is 38.8 Å². The first-order valence-corrected chi connectivity index (χ1v) is 9.84. The van der Waals surface area contributed by atoms with Crippen molar-refractivity contribution >= 4 is 5.91 Å². The Hall–Kier alpha value is -2.07. The Labute approximate surface area is 163 Å². The number of hydrogen-bond acceptors (Lipinski definition) is 3. The quantitative estimate of drug-likeness (QED) is 0.639. The van der Waals surface area contributed by atoms with Crippen LogP contribution < -0.4 is 4.74 Å². The molecular formula is C23H33NO3. The molecular weight excluding hydrogens is 338 g/mol. The van der Waals surface area contributed by atoms with Gasteiger partial charge in [-0.2, -0.15) is 0 Å². The third kappa shape index (κ3) is 5.23. The highest BCUT2D eigenvalue weighted by molar-refractivity contribution is 5.95. The van der Waals surface area contributed by atoms with Gasteiger partial charge in [-0.3, -0.25) is 4.79 Å². The first-order chi connectivity index (χ1) is 12.9. The summed E-state index contributed by atoms with van der Waals surface area (Å²) in [5.74, 6) is 1.49. The highest BCUT2D eigenvalue weighted by Gasteiger charge is 2.23. The van der Waals surface area contributed by atoms with Gasteiger partial charge in [0.1, 0.15) is 12.4 Å². The Morgan fingerprint density at radius 1 is 1.19 bits per heavy atom. The van der Waals surface area contributed by atoms with Crippen LogP contribution in [0.4, 0.5) is 0 Å². The molecule has 0 bridgehead atoms. The summed E-state index contributed by atoms with van der Waals surface area (Å²) in [4.78, 5) is 14.9. The summed E-state index contributed by atoms with van der Waals surface area (Å²) in [7, 11) is 0. The molecule has 0 unspecified atom stereocenters. The van der Waals surface area contributed by atoms with Gasteiger partial charge < -0.3 is 14.4 Å². The van der Waals surface area contributed by atoms with E-state index < -0.39 is 0 Å². The van der Waals surface area contributed by atoms with Crippen molar-refractivity contribution in [2.75, 3.05) is 32.9 Å². The van der Waals surface area contributed by atoms with E-state index >= 15 is 0 Å². The molecule has 1 aliphatic rings. The molecule has 0 atom stereocenters. The van der Waals surface area contributed by atoms with E-state index in [1.54, 1.807) is 0 Å². The molecule has 1 aliphatic heterocycles. The molecule has 0 N–H and O–H groups in total. The molecule has 27 heavy (non-hydrogen) atoms. The van der Waals surface area contributed by atoms with Crippen LogP contribution in [0, 0.1) is 0 Å². The van der Waals surface area contributed by atoms with Crippen molar-refractivity contribution in [2.24, 2.45) is 0 Å². The number of carbonyl (C=O) groups excluding carboxylic acids is 1. The van der Waals surface area contributed by atoms with Crippen molar-refractivity contribution in [3.8, 4) is 5.75 Å². The molecule has 0 aliphatic carbocycles. The zero-order valence-corrected chi connectivity index (χ0v) is 17.4. The van der Waals surface area contributed by atoms with Crippen LogP contribution in [0.25, 0.3) is 0 Å². The van der Waals surface area contributed by atoms with Gasteiger partial charge in [-0.1, -0.05) is 46.4 Å². The molecule has 2 rings (SSSR count). The van der Waals surface area contributed by atoms with Crippen LogP contribution >= 0.6 is 0 Å². The van der Waals surface area contributed by atoms with E-state index in [4.69, 9.17) is 9.47 Å². The molecule has 1 aromatic carbocycles. The molecule has 0 spiro atoms. The highest BCUT2D eigenvalue weighted by atomic mass is 16.5. The predicted molar refractivity (Wildman–Crippen MR) is 111 cm³/mol. The molecule has 0 saturated carbocycles. The Kier molecular flexibility index (Phi) is 7.66. The van der Waals surface area contributed by atoms with E-state index in [9.17, 15) is 4.79 Å². The van der Waals surface area contributed by atoms with Gasteiger partial charge in [0.15, 0.2) is 0 Å². The van der Waals surface area contributed by atoms with Crippen molar-refractivity contribution in [1.29, 1.82) is 0 Å². The van der Waals surface area contributed by atoms with E-state index in [0.717, 1.165) is 28.0 Å². The fourth-order valence-corrected chi connectivity index (χ4v) is 3.19. The normalized spacial score (nSPS) is 15.4. The monoisotopic (exact) mass is 371 g/mol. The number of hydrogen-bond donors (Lipinski definition) is 0. The number of nitrogens with zero attached hydrogens (tertiary/aromatic N) is 1. The number of ether oxygens (including phenoxy) is 2. The maximum Gasteiger partial charge on any atom is 0.254 e. The Balaban J connectivity index is 2.43. The van der Waals surface area contributed by atoms with Crippen molar-refractivity contribution in [3.05, 3.63) is 53.1 Å². The van der Waals surface area contributed by atoms with Crippen LogP contribution in [-0.4, -0.2) is 43.7 Å². The Morgan fingerprint density at radius 3 is 2.19 bits per heavy atom. The fraction of sp³-hybridized carbons (Fsp3) is 0.522. The molecule has 1 heterocycles. The van der Waals surface area contributed by atoms with Gasteiger partial charge in [0, 0.05) is 18.7 Å². The number of benzene rings is 1. The number of allylic oxidation sites excluding steroid dienone is 1. The lowest BCUT2D eigenvalue weighted by Gasteiger charge is -2.28. The predicted octanol–water partition coefficient (Wildman–Crippen LogP) is 4.92. The van der Waals surface area contributed by atoms with Gasteiger partial charge in [0.05, 0.1) is 13.2 Å². The van der Waals surface area contributed by atoms with Crippen LogP contribution in [0.3, 0.4) is 0 Å². The molecule has 148 valence electrons. The minimum Gasteiger partial charge on any atom is -0.488 e. The Bertz CT molecular complexity index is 669. The maximum atomic E-state index is 13.0. The lowest BCUT2D eigenvalue weighted by molar-refractivity contribution is 0.0302. The van der Waals surface area contributed by atoms with E-state index in [1.165, 1.54) is 0 Å². The van der Waals surface area contributed by atoms with Gasteiger partial charge in [0.2, 0.25) is 0 Å². The van der Waals surface area contributed by atoms with E-state index in [2.05, 4.69) is 34.3 Å². The van der Waals surface area contributed by atoms with E-state index in [1.807, 2.05) is 36.1 Å². The minimum atomic E-state index is 0.0777. The average molecular weight is 372 g/mol. The van der Waals surface area contributed by atoms with Crippen LogP contribution in [-0.2, 0) is 4.74 Å². The van der Waals surface area contributed by atoms with E-state index in [0.29, 0.717) is 32.9 Å². The lowest BCUT2D eigenvalue weighted by Crippen LogP contribution is -2.40. The van der Waals surface area contributed by atoms with Crippen LogP contribution in [0.2, 0.25) is 0 Å². The smallest absolute Gasteiger partial charge is 0.254 e. The summed E-state index contributed by atoms with van der Waals surface area (Å²) in [5, 5.41) is 0. The van der Waals surface area contributed by atoms with Gasteiger partial charge in [-0.15, -0.1) is 0 Å². The summed E-state index contributed by atoms with van der Waals surface area (Å²) in [6.07, 6.45) is 3.83. The molecule has 0 aromatic heterocycles.